The van der Waals surface area contributed by atoms with Crippen LogP contribution in [0.15, 0.2) is 77.7 Å². The zero-order valence-electron chi connectivity index (χ0n) is 25.2. The van der Waals surface area contributed by atoms with E-state index in [0.29, 0.717) is 31.1 Å². The number of benzene rings is 3. The molecule has 0 aliphatic heterocycles. The number of rotatable bonds is 15. The van der Waals surface area contributed by atoms with Crippen molar-refractivity contribution in [1.82, 2.24) is 10.2 Å². The quantitative estimate of drug-likeness (QED) is 0.259. The van der Waals surface area contributed by atoms with E-state index in [1.54, 1.807) is 38.3 Å². The Morgan fingerprint density at radius 2 is 1.51 bits per heavy atom. The number of carbonyl (C=O) groups excluding carboxylic acids is 2. The molecular formula is C32H40FN3O6S. The van der Waals surface area contributed by atoms with Crippen LogP contribution in [0.2, 0.25) is 0 Å². The SMILES string of the molecule is CCOc1ccc(S(=O)(=O)N(CC(=O)N(Cc2ccc(OC)cc2)C(CC)C(=O)NCC(C)C)c2ccc(F)cc2)cc1. The van der Waals surface area contributed by atoms with Crippen LogP contribution in [0.25, 0.3) is 0 Å². The Hall–Kier alpha value is -4.12. The van der Waals surface area contributed by atoms with Gasteiger partial charge in [-0.15, -0.1) is 0 Å². The average molecular weight is 614 g/mol. The molecule has 1 unspecified atom stereocenters. The molecule has 0 aliphatic rings. The zero-order chi connectivity index (χ0) is 31.6. The van der Waals surface area contributed by atoms with Crippen LogP contribution in [0.1, 0.15) is 39.7 Å². The molecule has 0 saturated carbocycles. The minimum atomic E-state index is -4.29. The van der Waals surface area contributed by atoms with Gasteiger partial charge in [0, 0.05) is 13.1 Å². The highest BCUT2D eigenvalue weighted by atomic mass is 32.2. The highest BCUT2D eigenvalue weighted by molar-refractivity contribution is 7.92. The number of hydrogen-bond acceptors (Lipinski definition) is 6. The summed E-state index contributed by atoms with van der Waals surface area (Å²) in [6.45, 7) is 7.81. The van der Waals surface area contributed by atoms with Gasteiger partial charge in [-0.3, -0.25) is 13.9 Å². The largest absolute Gasteiger partial charge is 0.497 e. The van der Waals surface area contributed by atoms with Gasteiger partial charge in [-0.05, 0) is 85.5 Å². The van der Waals surface area contributed by atoms with Crippen molar-refractivity contribution in [2.24, 2.45) is 5.92 Å². The second kappa shape index (κ2) is 15.4. The molecule has 0 fully saturated rings. The van der Waals surface area contributed by atoms with Crippen LogP contribution in [-0.2, 0) is 26.2 Å². The van der Waals surface area contributed by atoms with Crippen molar-refractivity contribution in [3.63, 3.8) is 0 Å². The summed E-state index contributed by atoms with van der Waals surface area (Å²) in [6.07, 6.45) is 0.300. The predicted octanol–water partition coefficient (Wildman–Crippen LogP) is 5.01. The Bertz CT molecular complexity index is 1450. The van der Waals surface area contributed by atoms with Crippen LogP contribution < -0.4 is 19.1 Å². The zero-order valence-corrected chi connectivity index (χ0v) is 26.1. The van der Waals surface area contributed by atoms with Gasteiger partial charge >= 0.3 is 0 Å². The van der Waals surface area contributed by atoms with E-state index >= 15 is 0 Å². The Balaban J connectivity index is 2.03. The van der Waals surface area contributed by atoms with E-state index in [2.05, 4.69) is 5.32 Å². The number of nitrogens with zero attached hydrogens (tertiary/aromatic N) is 2. The van der Waals surface area contributed by atoms with Crippen molar-refractivity contribution < 1.29 is 31.9 Å². The van der Waals surface area contributed by atoms with E-state index < -0.39 is 34.3 Å². The van der Waals surface area contributed by atoms with Crippen molar-refractivity contribution in [3.05, 3.63) is 84.2 Å². The van der Waals surface area contributed by atoms with Gasteiger partial charge in [0.1, 0.15) is 29.9 Å². The third-order valence-electron chi connectivity index (χ3n) is 6.70. The summed E-state index contributed by atoms with van der Waals surface area (Å²) in [5, 5.41) is 2.90. The van der Waals surface area contributed by atoms with E-state index in [1.165, 1.54) is 41.3 Å². The molecule has 0 heterocycles. The van der Waals surface area contributed by atoms with E-state index in [4.69, 9.17) is 9.47 Å². The number of anilines is 1. The summed E-state index contributed by atoms with van der Waals surface area (Å²) < 4.78 is 53.4. The smallest absolute Gasteiger partial charge is 0.264 e. The van der Waals surface area contributed by atoms with E-state index in [-0.39, 0.29) is 29.0 Å². The van der Waals surface area contributed by atoms with Gasteiger partial charge in [-0.25, -0.2) is 12.8 Å². The third kappa shape index (κ3) is 8.93. The maximum Gasteiger partial charge on any atom is 0.264 e. The van der Waals surface area contributed by atoms with Crippen LogP contribution in [0.4, 0.5) is 10.1 Å². The Morgan fingerprint density at radius 3 is 2.05 bits per heavy atom. The van der Waals surface area contributed by atoms with Gasteiger partial charge in [0.25, 0.3) is 10.0 Å². The van der Waals surface area contributed by atoms with Crippen molar-refractivity contribution in [2.75, 3.05) is 31.1 Å². The summed E-state index contributed by atoms with van der Waals surface area (Å²) in [5.74, 6) is -0.160. The molecule has 0 aromatic heterocycles. The molecular weight excluding hydrogens is 573 g/mol. The van der Waals surface area contributed by atoms with Crippen molar-refractivity contribution in [2.45, 2.75) is 51.6 Å². The van der Waals surface area contributed by atoms with Crippen LogP contribution in [0.3, 0.4) is 0 Å². The molecule has 0 radical (unpaired) electrons. The normalized spacial score (nSPS) is 12.0. The molecule has 11 heteroatoms. The fourth-order valence-corrected chi connectivity index (χ4v) is 5.82. The van der Waals surface area contributed by atoms with Crippen molar-refractivity contribution in [1.29, 1.82) is 0 Å². The second-order valence-corrected chi connectivity index (χ2v) is 12.2. The first kappa shape index (κ1) is 33.4. The van der Waals surface area contributed by atoms with Crippen molar-refractivity contribution in [3.8, 4) is 11.5 Å². The Morgan fingerprint density at radius 1 is 0.907 bits per heavy atom. The van der Waals surface area contributed by atoms with Crippen LogP contribution in [-0.4, -0.2) is 58.0 Å². The van der Waals surface area contributed by atoms with Crippen molar-refractivity contribution >= 4 is 27.5 Å². The number of ether oxygens (including phenoxy) is 2. The van der Waals surface area contributed by atoms with Crippen LogP contribution in [0.5, 0.6) is 11.5 Å². The topological polar surface area (TPSA) is 105 Å². The lowest BCUT2D eigenvalue weighted by Crippen LogP contribution is -2.52. The lowest BCUT2D eigenvalue weighted by atomic mass is 10.1. The summed E-state index contributed by atoms with van der Waals surface area (Å²) in [5.41, 5.74) is 0.831. The molecule has 3 aromatic carbocycles. The fourth-order valence-electron chi connectivity index (χ4n) is 4.41. The average Bonchev–Trinajstić information content (AvgIpc) is 2.99. The molecule has 3 aromatic rings. The maximum atomic E-state index is 14.1. The summed E-state index contributed by atoms with van der Waals surface area (Å²) in [4.78, 5) is 28.7. The molecule has 0 saturated heterocycles. The summed E-state index contributed by atoms with van der Waals surface area (Å²) in [6, 6.07) is 16.9. The number of nitrogens with one attached hydrogen (secondary N) is 1. The minimum absolute atomic E-state index is 0.0524. The molecule has 2 amide bonds. The molecule has 9 nitrogen and oxygen atoms in total. The summed E-state index contributed by atoms with van der Waals surface area (Å²) >= 11 is 0. The third-order valence-corrected chi connectivity index (χ3v) is 8.49. The van der Waals surface area contributed by atoms with E-state index in [9.17, 15) is 22.4 Å². The van der Waals surface area contributed by atoms with Crippen LogP contribution in [0, 0.1) is 11.7 Å². The van der Waals surface area contributed by atoms with Gasteiger partial charge in [-0.1, -0.05) is 32.9 Å². The van der Waals surface area contributed by atoms with Gasteiger partial charge in [0.2, 0.25) is 11.8 Å². The Labute approximate surface area is 253 Å². The molecule has 0 aliphatic carbocycles. The van der Waals surface area contributed by atoms with Gasteiger partial charge in [0.15, 0.2) is 0 Å². The molecule has 0 spiro atoms. The Kier molecular flexibility index (Phi) is 11.9. The first-order chi connectivity index (χ1) is 20.5. The van der Waals surface area contributed by atoms with Gasteiger partial charge < -0.3 is 19.7 Å². The number of carbonyl (C=O) groups is 2. The molecule has 1 N–H and O–H groups in total. The highest BCUT2D eigenvalue weighted by Crippen LogP contribution is 2.27. The molecule has 1 atom stereocenters. The lowest BCUT2D eigenvalue weighted by Gasteiger charge is -2.33. The molecule has 3 rings (SSSR count). The second-order valence-electron chi connectivity index (χ2n) is 10.3. The first-order valence-electron chi connectivity index (χ1n) is 14.2. The van der Waals surface area contributed by atoms with E-state index in [1.807, 2.05) is 20.8 Å². The monoisotopic (exact) mass is 613 g/mol. The first-order valence-corrected chi connectivity index (χ1v) is 15.6. The lowest BCUT2D eigenvalue weighted by molar-refractivity contribution is -0.140. The number of amides is 2. The van der Waals surface area contributed by atoms with Crippen LogP contribution >= 0.6 is 0 Å². The maximum absolute atomic E-state index is 14.1. The molecule has 0 bridgehead atoms. The standard InChI is InChI=1S/C32H40FN3O6S/c1-6-30(32(38)34-20-23(3)4)35(21-24-8-14-27(41-5)15-9-24)31(37)22-36(26-12-10-25(33)11-13-26)43(39,40)29-18-16-28(17-19-29)42-7-2/h8-19,23,30H,6-7,20-22H2,1-5H3,(H,34,38). The number of sulfonamides is 1. The molecule has 43 heavy (non-hydrogen) atoms. The number of halogens is 1. The van der Waals surface area contributed by atoms with Gasteiger partial charge in [0.05, 0.1) is 24.3 Å². The minimum Gasteiger partial charge on any atom is -0.497 e. The van der Waals surface area contributed by atoms with E-state index in [0.717, 1.165) is 22.0 Å². The highest BCUT2D eigenvalue weighted by Gasteiger charge is 2.33. The molecule has 232 valence electrons. The van der Waals surface area contributed by atoms with Gasteiger partial charge in [-0.2, -0.15) is 0 Å². The number of methoxy groups -OCH3 is 1. The summed E-state index contributed by atoms with van der Waals surface area (Å²) in [7, 11) is -2.75. The predicted molar refractivity (Wildman–Crippen MR) is 164 cm³/mol. The fraction of sp³-hybridized carbons (Fsp3) is 0.375. The number of hydrogen-bond donors (Lipinski definition) is 1.